The zero-order valence-electron chi connectivity index (χ0n) is 14.0. The van der Waals surface area contributed by atoms with Crippen LogP contribution >= 0.6 is 11.6 Å². The quantitative estimate of drug-likeness (QED) is 0.776. The average molecular weight is 374 g/mol. The first-order chi connectivity index (χ1) is 11.3. The predicted molar refractivity (Wildman–Crippen MR) is 93.2 cm³/mol. The van der Waals surface area contributed by atoms with E-state index in [9.17, 15) is 13.2 Å². The normalized spacial score (nSPS) is 17.2. The van der Waals surface area contributed by atoms with Crippen LogP contribution in [0.2, 0.25) is 5.15 Å². The van der Waals surface area contributed by atoms with E-state index < -0.39 is 10.0 Å². The fourth-order valence-corrected chi connectivity index (χ4v) is 4.59. The van der Waals surface area contributed by atoms with Crippen LogP contribution in [-0.2, 0) is 14.8 Å². The number of sulfonamides is 1. The molecule has 1 aliphatic heterocycles. The molecule has 134 valence electrons. The monoisotopic (exact) mass is 373 g/mol. The minimum absolute atomic E-state index is 0.0199. The maximum atomic E-state index is 12.6. The van der Waals surface area contributed by atoms with Crippen molar-refractivity contribution in [2.24, 2.45) is 11.8 Å². The molecule has 24 heavy (non-hydrogen) atoms. The second kappa shape index (κ2) is 8.27. The van der Waals surface area contributed by atoms with E-state index in [0.717, 1.165) is 6.42 Å². The predicted octanol–water partition coefficient (Wildman–Crippen LogP) is 2.30. The lowest BCUT2D eigenvalue weighted by atomic mass is 9.97. The highest BCUT2D eigenvalue weighted by Gasteiger charge is 2.33. The van der Waals surface area contributed by atoms with Gasteiger partial charge in [-0.1, -0.05) is 25.4 Å². The van der Waals surface area contributed by atoms with Gasteiger partial charge in [-0.3, -0.25) is 4.79 Å². The Bertz CT molecular complexity index is 671. The third-order valence-electron chi connectivity index (χ3n) is 4.19. The van der Waals surface area contributed by atoms with Gasteiger partial charge in [0.25, 0.3) is 0 Å². The molecule has 1 aliphatic rings. The minimum atomic E-state index is -3.66. The molecular formula is C16H24ClN3O3S. The number of hydrogen-bond donors (Lipinski definition) is 1. The van der Waals surface area contributed by atoms with Crippen molar-refractivity contribution in [3.8, 4) is 0 Å². The van der Waals surface area contributed by atoms with Crippen molar-refractivity contribution in [1.29, 1.82) is 0 Å². The van der Waals surface area contributed by atoms with Crippen LogP contribution < -0.4 is 5.32 Å². The smallest absolute Gasteiger partial charge is 0.246 e. The van der Waals surface area contributed by atoms with Gasteiger partial charge >= 0.3 is 0 Å². The standard InChI is InChI=1S/C16H24ClN3O3S/c1-12(2)5-9-19-16(21)13-6-10-20(11-7-13)24(22,23)14-4-3-8-18-15(14)17/h3-4,8,12-13H,5-7,9-11H2,1-2H3,(H,19,21). The molecule has 0 aliphatic carbocycles. The number of aromatic nitrogens is 1. The summed E-state index contributed by atoms with van der Waals surface area (Å²) in [6.07, 6.45) is 3.43. The third-order valence-corrected chi connectivity index (χ3v) is 6.53. The number of rotatable bonds is 6. The molecule has 0 bridgehead atoms. The Kier molecular flexibility index (Phi) is 6.60. The van der Waals surface area contributed by atoms with Crippen molar-refractivity contribution in [3.05, 3.63) is 23.5 Å². The second-order valence-electron chi connectivity index (χ2n) is 6.44. The summed E-state index contributed by atoms with van der Waals surface area (Å²) in [6.45, 7) is 5.52. The number of halogens is 1. The van der Waals surface area contributed by atoms with E-state index in [-0.39, 0.29) is 21.9 Å². The van der Waals surface area contributed by atoms with Crippen LogP contribution in [0.1, 0.15) is 33.1 Å². The average Bonchev–Trinajstić information content (AvgIpc) is 2.54. The molecule has 0 spiro atoms. The largest absolute Gasteiger partial charge is 0.356 e. The highest BCUT2D eigenvalue weighted by molar-refractivity contribution is 7.89. The van der Waals surface area contributed by atoms with Crippen LogP contribution in [0, 0.1) is 11.8 Å². The van der Waals surface area contributed by atoms with Crippen molar-refractivity contribution < 1.29 is 13.2 Å². The van der Waals surface area contributed by atoms with Crippen LogP contribution in [0.4, 0.5) is 0 Å². The molecule has 1 amide bonds. The lowest BCUT2D eigenvalue weighted by molar-refractivity contribution is -0.126. The van der Waals surface area contributed by atoms with E-state index in [2.05, 4.69) is 24.1 Å². The Morgan fingerprint density at radius 3 is 2.67 bits per heavy atom. The number of piperidine rings is 1. The summed E-state index contributed by atoms with van der Waals surface area (Å²) >= 11 is 5.91. The van der Waals surface area contributed by atoms with E-state index in [4.69, 9.17) is 11.6 Å². The fourth-order valence-electron chi connectivity index (χ4n) is 2.69. The first kappa shape index (κ1) is 19.1. The number of amides is 1. The summed E-state index contributed by atoms with van der Waals surface area (Å²) < 4.78 is 26.6. The molecule has 0 unspecified atom stereocenters. The van der Waals surface area contributed by atoms with Crippen molar-refractivity contribution in [3.63, 3.8) is 0 Å². The molecular weight excluding hydrogens is 350 g/mol. The Balaban J connectivity index is 1.93. The first-order valence-corrected chi connectivity index (χ1v) is 10.0. The summed E-state index contributed by atoms with van der Waals surface area (Å²) in [5, 5.41) is 2.92. The second-order valence-corrected chi connectivity index (χ2v) is 8.71. The molecule has 6 nitrogen and oxygen atoms in total. The molecule has 1 fully saturated rings. The molecule has 0 atom stereocenters. The number of hydrogen-bond acceptors (Lipinski definition) is 4. The summed E-state index contributed by atoms with van der Waals surface area (Å²) in [5.74, 6) is 0.432. The minimum Gasteiger partial charge on any atom is -0.356 e. The molecule has 1 aromatic heterocycles. The van der Waals surface area contributed by atoms with Gasteiger partial charge in [0.15, 0.2) is 0 Å². The maximum Gasteiger partial charge on any atom is 0.246 e. The Labute approximate surface area is 148 Å². The van der Waals surface area contributed by atoms with Crippen molar-refractivity contribution >= 4 is 27.5 Å². The first-order valence-electron chi connectivity index (χ1n) is 8.20. The van der Waals surface area contributed by atoms with Crippen LogP contribution in [-0.4, -0.2) is 43.2 Å². The van der Waals surface area contributed by atoms with Crippen molar-refractivity contribution in [2.45, 2.75) is 38.0 Å². The van der Waals surface area contributed by atoms with E-state index >= 15 is 0 Å². The number of carbonyl (C=O) groups excluding carboxylic acids is 1. The van der Waals surface area contributed by atoms with Gasteiger partial charge in [0.1, 0.15) is 10.0 Å². The lowest BCUT2D eigenvalue weighted by Gasteiger charge is -2.30. The molecule has 8 heteroatoms. The third kappa shape index (κ3) is 4.68. The summed E-state index contributed by atoms with van der Waals surface area (Å²) in [6, 6.07) is 3.00. The molecule has 1 saturated heterocycles. The van der Waals surface area contributed by atoms with Crippen LogP contribution in [0.3, 0.4) is 0 Å². The zero-order valence-corrected chi connectivity index (χ0v) is 15.6. The maximum absolute atomic E-state index is 12.6. The molecule has 1 N–H and O–H groups in total. The molecule has 2 rings (SSSR count). The Morgan fingerprint density at radius 2 is 2.08 bits per heavy atom. The van der Waals surface area contributed by atoms with Gasteiger partial charge in [-0.05, 0) is 37.3 Å². The Hall–Kier alpha value is -1.18. The summed E-state index contributed by atoms with van der Waals surface area (Å²) in [4.78, 5) is 16.0. The summed E-state index contributed by atoms with van der Waals surface area (Å²) in [5.41, 5.74) is 0. The fraction of sp³-hybridized carbons (Fsp3) is 0.625. The topological polar surface area (TPSA) is 79.4 Å². The van der Waals surface area contributed by atoms with Crippen molar-refractivity contribution in [2.75, 3.05) is 19.6 Å². The molecule has 0 radical (unpaired) electrons. The number of pyridine rings is 1. The highest BCUT2D eigenvalue weighted by atomic mass is 35.5. The van der Waals surface area contributed by atoms with Gasteiger partial charge in [0, 0.05) is 31.7 Å². The van der Waals surface area contributed by atoms with Gasteiger partial charge < -0.3 is 5.32 Å². The zero-order chi connectivity index (χ0) is 17.7. The summed E-state index contributed by atoms with van der Waals surface area (Å²) in [7, 11) is -3.66. The van der Waals surface area contributed by atoms with Gasteiger partial charge in [0.2, 0.25) is 15.9 Å². The van der Waals surface area contributed by atoms with Gasteiger partial charge in [0.05, 0.1) is 0 Å². The van der Waals surface area contributed by atoms with Gasteiger partial charge in [-0.2, -0.15) is 4.31 Å². The van der Waals surface area contributed by atoms with Gasteiger partial charge in [-0.25, -0.2) is 13.4 Å². The van der Waals surface area contributed by atoms with E-state index in [0.29, 0.717) is 38.4 Å². The highest BCUT2D eigenvalue weighted by Crippen LogP contribution is 2.27. The van der Waals surface area contributed by atoms with Gasteiger partial charge in [-0.15, -0.1) is 0 Å². The van der Waals surface area contributed by atoms with E-state index in [1.807, 2.05) is 0 Å². The molecule has 2 heterocycles. The molecule has 0 aromatic carbocycles. The van der Waals surface area contributed by atoms with Crippen LogP contribution in [0.25, 0.3) is 0 Å². The molecule has 0 saturated carbocycles. The van der Waals surface area contributed by atoms with E-state index in [1.165, 1.54) is 16.6 Å². The number of nitrogens with one attached hydrogen (secondary N) is 1. The SMILES string of the molecule is CC(C)CCNC(=O)C1CCN(S(=O)(=O)c2cccnc2Cl)CC1. The number of nitrogens with zero attached hydrogens (tertiary/aromatic N) is 2. The van der Waals surface area contributed by atoms with E-state index in [1.54, 1.807) is 6.07 Å². The van der Waals surface area contributed by atoms with Crippen LogP contribution in [0.15, 0.2) is 23.2 Å². The number of carbonyl (C=O) groups is 1. The molecule has 1 aromatic rings. The lowest BCUT2D eigenvalue weighted by Crippen LogP contribution is -2.43. The van der Waals surface area contributed by atoms with Crippen molar-refractivity contribution in [1.82, 2.24) is 14.6 Å². The Morgan fingerprint density at radius 1 is 1.42 bits per heavy atom. The van der Waals surface area contributed by atoms with Crippen LogP contribution in [0.5, 0.6) is 0 Å².